The first-order valence-corrected chi connectivity index (χ1v) is 9.72. The monoisotopic (exact) mass is 367 g/mol. The Balaban J connectivity index is 1.58. The van der Waals surface area contributed by atoms with Crippen molar-refractivity contribution < 1.29 is 9.53 Å². The summed E-state index contributed by atoms with van der Waals surface area (Å²) >= 11 is 0. The molecular weight excluding hydrogens is 342 g/mol. The molecule has 3 aromatic heterocycles. The van der Waals surface area contributed by atoms with Crippen molar-refractivity contribution in [1.82, 2.24) is 24.4 Å². The van der Waals surface area contributed by atoms with Crippen LogP contribution < -0.4 is 0 Å². The molecular formula is C20H25N5O2. The van der Waals surface area contributed by atoms with Gasteiger partial charge in [0, 0.05) is 38.7 Å². The van der Waals surface area contributed by atoms with Crippen molar-refractivity contribution in [1.29, 1.82) is 0 Å². The van der Waals surface area contributed by atoms with Crippen LogP contribution in [0.25, 0.3) is 22.1 Å². The minimum Gasteiger partial charge on any atom is -0.378 e. The van der Waals surface area contributed by atoms with Crippen molar-refractivity contribution in [2.75, 3.05) is 26.3 Å². The van der Waals surface area contributed by atoms with Gasteiger partial charge >= 0.3 is 0 Å². The molecule has 0 aliphatic carbocycles. The summed E-state index contributed by atoms with van der Waals surface area (Å²) in [6.07, 6.45) is 6.88. The highest BCUT2D eigenvalue weighted by atomic mass is 16.5. The van der Waals surface area contributed by atoms with Crippen LogP contribution >= 0.6 is 0 Å². The lowest BCUT2D eigenvalue weighted by atomic mass is 10.2. The second-order valence-electron chi connectivity index (χ2n) is 6.89. The highest BCUT2D eigenvalue weighted by Crippen LogP contribution is 2.24. The highest BCUT2D eigenvalue weighted by Gasteiger charge is 2.18. The van der Waals surface area contributed by atoms with Crippen molar-refractivity contribution >= 4 is 28.0 Å². The quantitative estimate of drug-likeness (QED) is 0.669. The molecule has 0 saturated carbocycles. The molecule has 0 radical (unpaired) electrons. The van der Waals surface area contributed by atoms with Crippen molar-refractivity contribution in [2.45, 2.75) is 39.2 Å². The third-order valence-electron chi connectivity index (χ3n) is 5.02. The molecule has 0 bridgehead atoms. The average molecular weight is 367 g/mol. The van der Waals surface area contributed by atoms with E-state index in [1.807, 2.05) is 23.2 Å². The highest BCUT2D eigenvalue weighted by molar-refractivity contribution is 5.99. The maximum absolute atomic E-state index is 12.4. The molecule has 0 atom stereocenters. The van der Waals surface area contributed by atoms with E-state index in [1.165, 1.54) is 0 Å². The third-order valence-corrected chi connectivity index (χ3v) is 5.02. The summed E-state index contributed by atoms with van der Waals surface area (Å²) in [7, 11) is 0. The molecule has 1 saturated heterocycles. The number of imidazole rings is 1. The summed E-state index contributed by atoms with van der Waals surface area (Å²) in [5, 5.41) is 0. The van der Waals surface area contributed by atoms with E-state index in [1.54, 1.807) is 6.20 Å². The van der Waals surface area contributed by atoms with E-state index in [0.29, 0.717) is 32.7 Å². The summed E-state index contributed by atoms with van der Waals surface area (Å²) in [6.45, 7) is 5.60. The van der Waals surface area contributed by atoms with Crippen LogP contribution in [-0.2, 0) is 22.5 Å². The first kappa shape index (κ1) is 17.9. The van der Waals surface area contributed by atoms with Crippen LogP contribution in [0.2, 0.25) is 0 Å². The van der Waals surface area contributed by atoms with Crippen molar-refractivity contribution in [2.24, 2.45) is 0 Å². The maximum atomic E-state index is 12.4. The van der Waals surface area contributed by atoms with E-state index < -0.39 is 0 Å². The average Bonchev–Trinajstić information content (AvgIpc) is 3.06. The van der Waals surface area contributed by atoms with E-state index >= 15 is 0 Å². The SMILES string of the molecule is CCCc1nc2cnc3cccnc3c2n1CCCC(=O)N1CCOCC1. The van der Waals surface area contributed by atoms with Gasteiger partial charge < -0.3 is 14.2 Å². The van der Waals surface area contributed by atoms with Crippen molar-refractivity contribution in [3.05, 3.63) is 30.4 Å². The van der Waals surface area contributed by atoms with Gasteiger partial charge in [-0.25, -0.2) is 4.98 Å². The number of aryl methyl sites for hydroxylation is 2. The largest absolute Gasteiger partial charge is 0.378 e. The van der Waals surface area contributed by atoms with E-state index in [9.17, 15) is 4.79 Å². The van der Waals surface area contributed by atoms with Gasteiger partial charge in [-0.1, -0.05) is 6.92 Å². The van der Waals surface area contributed by atoms with Crippen LogP contribution in [-0.4, -0.2) is 56.6 Å². The standard InChI is InChI=1S/C20H25N5O2/c1-2-5-17-23-16-14-22-15-6-3-8-21-19(15)20(16)25(17)9-4-7-18(26)24-10-12-27-13-11-24/h3,6,8,14H,2,4-5,7,9-13H2,1H3. The first-order valence-electron chi connectivity index (χ1n) is 9.72. The number of carbonyl (C=O) groups is 1. The number of hydrogen-bond acceptors (Lipinski definition) is 5. The number of amides is 1. The molecule has 0 spiro atoms. The van der Waals surface area contributed by atoms with Crippen LogP contribution in [0.3, 0.4) is 0 Å². The molecule has 7 heteroatoms. The van der Waals surface area contributed by atoms with Crippen LogP contribution in [0.4, 0.5) is 0 Å². The molecule has 7 nitrogen and oxygen atoms in total. The Hall–Kier alpha value is -2.54. The molecule has 1 amide bonds. The molecule has 4 heterocycles. The number of rotatable bonds is 6. The summed E-state index contributed by atoms with van der Waals surface area (Å²) in [4.78, 5) is 28.2. The third kappa shape index (κ3) is 3.64. The fraction of sp³-hybridized carbons (Fsp3) is 0.500. The predicted octanol–water partition coefficient (Wildman–Crippen LogP) is 2.57. The molecule has 27 heavy (non-hydrogen) atoms. The van der Waals surface area contributed by atoms with Gasteiger partial charge in [0.05, 0.1) is 30.4 Å². The molecule has 1 aliphatic heterocycles. The molecule has 0 aromatic carbocycles. The van der Waals surface area contributed by atoms with E-state index in [4.69, 9.17) is 9.72 Å². The second kappa shape index (κ2) is 8.00. The van der Waals surface area contributed by atoms with E-state index in [-0.39, 0.29) is 5.91 Å². The molecule has 4 rings (SSSR count). The minimum atomic E-state index is 0.212. The van der Waals surface area contributed by atoms with Crippen LogP contribution in [0, 0.1) is 0 Å². The zero-order chi connectivity index (χ0) is 18.6. The number of nitrogens with zero attached hydrogens (tertiary/aromatic N) is 5. The zero-order valence-corrected chi connectivity index (χ0v) is 15.7. The Kier molecular flexibility index (Phi) is 5.29. The van der Waals surface area contributed by atoms with E-state index in [0.717, 1.165) is 53.7 Å². The van der Waals surface area contributed by atoms with Crippen molar-refractivity contribution in [3.8, 4) is 0 Å². The number of hydrogen-bond donors (Lipinski definition) is 0. The topological polar surface area (TPSA) is 73.1 Å². The Morgan fingerprint density at radius 3 is 2.89 bits per heavy atom. The van der Waals surface area contributed by atoms with Gasteiger partial charge in [0.15, 0.2) is 0 Å². The summed E-state index contributed by atoms with van der Waals surface area (Å²) < 4.78 is 7.56. The van der Waals surface area contributed by atoms with Crippen LogP contribution in [0.5, 0.6) is 0 Å². The Morgan fingerprint density at radius 2 is 2.07 bits per heavy atom. The van der Waals surface area contributed by atoms with Gasteiger partial charge in [-0.3, -0.25) is 14.8 Å². The van der Waals surface area contributed by atoms with E-state index in [2.05, 4.69) is 21.5 Å². The number of pyridine rings is 2. The summed E-state index contributed by atoms with van der Waals surface area (Å²) in [6, 6.07) is 3.87. The molecule has 0 unspecified atom stereocenters. The molecule has 0 N–H and O–H groups in total. The lowest BCUT2D eigenvalue weighted by Gasteiger charge is -2.26. The van der Waals surface area contributed by atoms with Gasteiger partial charge in [0.25, 0.3) is 0 Å². The first-order chi connectivity index (χ1) is 13.3. The lowest BCUT2D eigenvalue weighted by molar-refractivity contribution is -0.135. The van der Waals surface area contributed by atoms with Gasteiger partial charge in [-0.2, -0.15) is 0 Å². The van der Waals surface area contributed by atoms with Gasteiger partial charge in [0.1, 0.15) is 16.9 Å². The van der Waals surface area contributed by atoms with Crippen molar-refractivity contribution in [3.63, 3.8) is 0 Å². The number of ether oxygens (including phenoxy) is 1. The molecule has 3 aromatic rings. The molecule has 1 aliphatic rings. The minimum absolute atomic E-state index is 0.212. The maximum Gasteiger partial charge on any atom is 0.222 e. The number of carbonyl (C=O) groups excluding carboxylic acids is 1. The fourth-order valence-corrected chi connectivity index (χ4v) is 3.69. The fourth-order valence-electron chi connectivity index (χ4n) is 3.69. The zero-order valence-electron chi connectivity index (χ0n) is 15.7. The Labute approximate surface area is 158 Å². The molecule has 142 valence electrons. The summed E-state index contributed by atoms with van der Waals surface area (Å²) in [5.41, 5.74) is 3.66. The smallest absolute Gasteiger partial charge is 0.222 e. The lowest BCUT2D eigenvalue weighted by Crippen LogP contribution is -2.40. The molecule has 1 fully saturated rings. The van der Waals surface area contributed by atoms with Crippen LogP contribution in [0.15, 0.2) is 24.5 Å². The van der Waals surface area contributed by atoms with Crippen LogP contribution in [0.1, 0.15) is 32.0 Å². The predicted molar refractivity (Wildman–Crippen MR) is 103 cm³/mol. The normalized spacial score (nSPS) is 14.9. The van der Waals surface area contributed by atoms with Gasteiger partial charge in [-0.05, 0) is 25.0 Å². The number of aromatic nitrogens is 4. The number of fused-ring (bicyclic) bond motifs is 3. The van der Waals surface area contributed by atoms with Gasteiger partial charge in [-0.15, -0.1) is 0 Å². The van der Waals surface area contributed by atoms with Gasteiger partial charge in [0.2, 0.25) is 5.91 Å². The Bertz CT molecular complexity index is 946. The second-order valence-corrected chi connectivity index (χ2v) is 6.89. The number of morpholine rings is 1. The summed E-state index contributed by atoms with van der Waals surface area (Å²) in [5.74, 6) is 1.26. The Morgan fingerprint density at radius 1 is 1.22 bits per heavy atom.